The van der Waals surface area contributed by atoms with Crippen LogP contribution in [0.1, 0.15) is 79.7 Å². The number of aliphatic hydroxyl groups excluding tert-OH is 1. The zero-order valence-electron chi connectivity index (χ0n) is 19.4. The third-order valence-corrected chi connectivity index (χ3v) is 6.29. The van der Waals surface area contributed by atoms with Crippen molar-refractivity contribution in [3.8, 4) is 0 Å². The highest BCUT2D eigenvalue weighted by Crippen LogP contribution is 2.37. The zero-order chi connectivity index (χ0) is 23.6. The number of nitrogens with zero attached hydrogens (tertiary/aromatic N) is 2. The number of hydrogen-bond donors (Lipinski definition) is 1. The molecule has 4 rings (SSSR count). The van der Waals surface area contributed by atoms with Crippen molar-refractivity contribution in [1.82, 2.24) is 5.16 Å². The van der Waals surface area contributed by atoms with Crippen LogP contribution in [0.25, 0.3) is 0 Å². The first-order valence-corrected chi connectivity index (χ1v) is 11.5. The van der Waals surface area contributed by atoms with E-state index < -0.39 is 0 Å². The number of allylic oxidation sites excluding steroid dienone is 2. The van der Waals surface area contributed by atoms with Gasteiger partial charge in [-0.25, -0.2) is 0 Å². The Morgan fingerprint density at radius 1 is 1.18 bits per heavy atom. The summed E-state index contributed by atoms with van der Waals surface area (Å²) in [7, 11) is 0. The highest BCUT2D eigenvalue weighted by atomic mass is 16.6. The van der Waals surface area contributed by atoms with Gasteiger partial charge >= 0.3 is 0 Å². The van der Waals surface area contributed by atoms with Gasteiger partial charge in [0.05, 0.1) is 22.5 Å². The molecule has 2 aliphatic carbocycles. The van der Waals surface area contributed by atoms with E-state index >= 15 is 0 Å². The number of benzene rings is 1. The number of aliphatic hydroxyl groups is 1. The largest absolute Gasteiger partial charge is 0.511 e. The fraction of sp³-hybridized carbons (Fsp3) is 0.462. The summed E-state index contributed by atoms with van der Waals surface area (Å²) in [5.41, 5.74) is 2.55. The Bertz CT molecular complexity index is 1110. The molecule has 1 aromatic heterocycles. The molecule has 174 valence electrons. The first-order valence-electron chi connectivity index (χ1n) is 11.5. The van der Waals surface area contributed by atoms with E-state index in [-0.39, 0.29) is 34.2 Å². The number of aryl methyl sites for hydroxylation is 1. The lowest BCUT2D eigenvalue weighted by Crippen LogP contribution is -2.29. The molecule has 7 nitrogen and oxygen atoms in total. The fourth-order valence-corrected chi connectivity index (χ4v) is 4.78. The molecule has 2 aromatic rings. The number of ketones is 2. The Morgan fingerprint density at radius 3 is 2.64 bits per heavy atom. The smallest absolute Gasteiger partial charge is 0.168 e. The molecule has 1 aromatic carbocycles. The number of aromatic nitrogens is 1. The Morgan fingerprint density at radius 2 is 1.94 bits per heavy atom. The molecule has 33 heavy (non-hydrogen) atoms. The number of Topliss-reactive ketones (excluding diaryl/α,β-unsaturated/α-hetero) is 2. The number of hydrogen-bond acceptors (Lipinski definition) is 7. The topological polar surface area (TPSA) is 102 Å². The highest BCUT2D eigenvalue weighted by molar-refractivity contribution is 6.23. The van der Waals surface area contributed by atoms with E-state index in [1.165, 1.54) is 0 Å². The molecule has 1 heterocycles. The van der Waals surface area contributed by atoms with Gasteiger partial charge in [-0.1, -0.05) is 54.5 Å². The van der Waals surface area contributed by atoms with Gasteiger partial charge in [0.15, 0.2) is 11.6 Å². The van der Waals surface area contributed by atoms with E-state index in [1.54, 1.807) is 6.92 Å². The second-order valence-corrected chi connectivity index (χ2v) is 9.58. The standard InChI is InChI=1S/C26H30N2O5/c1-4-32-27-18(24-21(30)14-26(2,3)15-22(24)31)10-11-19-25-20(29)12-17(13-23(25)33-28-19)16-8-6-5-7-9-16/h5-9,17,30H,4,10-15H2,1-3H3/b27-18+. The quantitative estimate of drug-likeness (QED) is 0.464. The predicted molar refractivity (Wildman–Crippen MR) is 123 cm³/mol. The Hall–Kier alpha value is -3.22. The molecule has 1 N–H and O–H groups in total. The van der Waals surface area contributed by atoms with Crippen LogP contribution in [0.2, 0.25) is 0 Å². The normalized spacial score (nSPS) is 20.7. The monoisotopic (exact) mass is 450 g/mol. The fourth-order valence-electron chi connectivity index (χ4n) is 4.78. The zero-order valence-corrected chi connectivity index (χ0v) is 19.4. The average molecular weight is 451 g/mol. The number of rotatable bonds is 7. The molecule has 0 radical (unpaired) electrons. The minimum absolute atomic E-state index is 0.0159. The number of oxime groups is 1. The van der Waals surface area contributed by atoms with Crippen molar-refractivity contribution in [2.75, 3.05) is 6.61 Å². The molecule has 0 saturated carbocycles. The van der Waals surface area contributed by atoms with Gasteiger partial charge in [-0.05, 0) is 36.7 Å². The van der Waals surface area contributed by atoms with Crippen molar-refractivity contribution in [3.63, 3.8) is 0 Å². The van der Waals surface area contributed by atoms with Crippen molar-refractivity contribution < 1.29 is 24.1 Å². The molecule has 0 bridgehead atoms. The summed E-state index contributed by atoms with van der Waals surface area (Å²) in [6.07, 6.45) is 2.43. The van der Waals surface area contributed by atoms with Gasteiger partial charge in [0.2, 0.25) is 0 Å². The first-order chi connectivity index (χ1) is 15.8. The predicted octanol–water partition coefficient (Wildman–Crippen LogP) is 5.11. The summed E-state index contributed by atoms with van der Waals surface area (Å²) in [6.45, 7) is 6.05. The van der Waals surface area contributed by atoms with E-state index in [1.807, 2.05) is 44.2 Å². The Labute approximate surface area is 193 Å². The maximum Gasteiger partial charge on any atom is 0.168 e. The number of fused-ring (bicyclic) bond motifs is 1. The molecule has 1 unspecified atom stereocenters. The second kappa shape index (κ2) is 9.33. The maximum atomic E-state index is 13.0. The van der Waals surface area contributed by atoms with E-state index in [4.69, 9.17) is 9.36 Å². The van der Waals surface area contributed by atoms with E-state index in [9.17, 15) is 14.7 Å². The molecule has 0 fully saturated rings. The van der Waals surface area contributed by atoms with Crippen LogP contribution in [0.3, 0.4) is 0 Å². The Kier molecular flexibility index (Phi) is 6.49. The molecule has 1 atom stereocenters. The van der Waals surface area contributed by atoms with Gasteiger partial charge < -0.3 is 14.5 Å². The minimum Gasteiger partial charge on any atom is -0.511 e. The summed E-state index contributed by atoms with van der Waals surface area (Å²) in [6, 6.07) is 9.95. The summed E-state index contributed by atoms with van der Waals surface area (Å²) in [5, 5.41) is 18.9. The maximum absolute atomic E-state index is 13.0. The summed E-state index contributed by atoms with van der Waals surface area (Å²) in [4.78, 5) is 31.0. The van der Waals surface area contributed by atoms with E-state index in [0.717, 1.165) is 5.56 Å². The van der Waals surface area contributed by atoms with Gasteiger partial charge in [0.25, 0.3) is 0 Å². The third kappa shape index (κ3) is 4.92. The van der Waals surface area contributed by atoms with Gasteiger partial charge in [-0.2, -0.15) is 0 Å². The molecule has 2 aliphatic rings. The summed E-state index contributed by atoms with van der Waals surface area (Å²) >= 11 is 0. The third-order valence-electron chi connectivity index (χ3n) is 6.29. The van der Waals surface area contributed by atoms with Crippen molar-refractivity contribution in [1.29, 1.82) is 0 Å². The molecule has 0 spiro atoms. The van der Waals surface area contributed by atoms with Crippen LogP contribution >= 0.6 is 0 Å². The van der Waals surface area contributed by atoms with Crippen LogP contribution in [0.4, 0.5) is 0 Å². The van der Waals surface area contributed by atoms with Crippen molar-refractivity contribution in [2.45, 2.75) is 65.2 Å². The van der Waals surface area contributed by atoms with Crippen LogP contribution in [-0.2, 0) is 22.5 Å². The second-order valence-electron chi connectivity index (χ2n) is 9.58. The van der Waals surface area contributed by atoms with E-state index in [0.29, 0.717) is 67.9 Å². The minimum atomic E-state index is -0.297. The summed E-state index contributed by atoms with van der Waals surface area (Å²) < 4.78 is 5.57. The molecule has 7 heteroatoms. The Balaban J connectivity index is 1.54. The van der Waals surface area contributed by atoms with E-state index in [2.05, 4.69) is 10.3 Å². The van der Waals surface area contributed by atoms with Gasteiger partial charge in [0.1, 0.15) is 18.1 Å². The van der Waals surface area contributed by atoms with Crippen LogP contribution in [0.15, 0.2) is 51.3 Å². The van der Waals surface area contributed by atoms with Gasteiger partial charge in [-0.15, -0.1) is 0 Å². The lowest BCUT2D eigenvalue weighted by Gasteiger charge is -2.29. The van der Waals surface area contributed by atoms with Crippen molar-refractivity contribution in [3.05, 3.63) is 64.2 Å². The number of carbonyl (C=O) groups is 2. The SMILES string of the molecule is CCO/N=C(\CCc1noc2c1C(=O)CC(c1ccccc1)C2)C1=C(O)CC(C)(C)CC1=O. The van der Waals surface area contributed by atoms with Gasteiger partial charge in [-0.3, -0.25) is 9.59 Å². The molecule has 0 aliphatic heterocycles. The lowest BCUT2D eigenvalue weighted by atomic mass is 9.75. The van der Waals surface area contributed by atoms with Crippen LogP contribution in [0, 0.1) is 5.41 Å². The van der Waals surface area contributed by atoms with Crippen molar-refractivity contribution in [2.24, 2.45) is 10.6 Å². The van der Waals surface area contributed by atoms with Crippen LogP contribution in [-0.4, -0.2) is 34.1 Å². The van der Waals surface area contributed by atoms with Gasteiger partial charge in [0, 0.05) is 25.7 Å². The molecular formula is C26H30N2O5. The highest BCUT2D eigenvalue weighted by Gasteiger charge is 2.36. The average Bonchev–Trinajstić information content (AvgIpc) is 3.18. The number of carbonyl (C=O) groups excluding carboxylic acids is 2. The molecular weight excluding hydrogens is 420 g/mol. The molecule has 0 amide bonds. The van der Waals surface area contributed by atoms with Crippen LogP contribution < -0.4 is 0 Å². The van der Waals surface area contributed by atoms with Crippen LogP contribution in [0.5, 0.6) is 0 Å². The summed E-state index contributed by atoms with van der Waals surface area (Å²) in [5.74, 6) is 0.593. The lowest BCUT2D eigenvalue weighted by molar-refractivity contribution is -0.118. The van der Waals surface area contributed by atoms with Crippen molar-refractivity contribution >= 4 is 17.3 Å². The first kappa shape index (κ1) is 23.0. The molecule has 0 saturated heterocycles.